The van der Waals surface area contributed by atoms with Crippen LogP contribution in [0.5, 0.6) is 0 Å². The van der Waals surface area contributed by atoms with Crippen LogP contribution in [0.25, 0.3) is 11.1 Å². The molecular weight excluding hydrogens is 320 g/mol. The molecule has 0 spiro atoms. The van der Waals surface area contributed by atoms with Crippen molar-refractivity contribution in [1.82, 2.24) is 4.98 Å². The summed E-state index contributed by atoms with van der Waals surface area (Å²) in [6, 6.07) is 4.28. The molecule has 1 fully saturated rings. The Hall–Kier alpha value is -2.11. The largest absolute Gasteiger partial charge is 0.397 e. The van der Waals surface area contributed by atoms with E-state index in [-0.39, 0.29) is 28.9 Å². The third-order valence-corrected chi connectivity index (χ3v) is 4.42. The van der Waals surface area contributed by atoms with Gasteiger partial charge >= 0.3 is 0 Å². The molecule has 0 bridgehead atoms. The Labute approximate surface area is 141 Å². The first-order valence-corrected chi connectivity index (χ1v) is 7.57. The molecule has 1 heterocycles. The van der Waals surface area contributed by atoms with E-state index in [2.05, 4.69) is 4.98 Å². The minimum absolute atomic E-state index is 0.0218. The molecule has 2 aromatic rings. The average Bonchev–Trinajstić information content (AvgIpc) is 2.56. The van der Waals surface area contributed by atoms with Gasteiger partial charge in [-0.15, -0.1) is 0 Å². The van der Waals surface area contributed by atoms with Crippen LogP contribution in [-0.4, -0.2) is 10.9 Å². The maximum atomic E-state index is 14.1. The Morgan fingerprint density at radius 2 is 2.04 bits per heavy atom. The second kappa shape index (κ2) is 6.07. The highest BCUT2D eigenvalue weighted by Crippen LogP contribution is 2.46. The Morgan fingerprint density at radius 1 is 1.25 bits per heavy atom. The van der Waals surface area contributed by atoms with Crippen LogP contribution < -0.4 is 5.73 Å². The topological polar surface area (TPSA) is 38.9 Å². The smallest absolute Gasteiger partial charge is 0.248 e. The van der Waals surface area contributed by atoms with Gasteiger partial charge in [-0.1, -0.05) is 6.85 Å². The minimum Gasteiger partial charge on any atom is -0.397 e. The van der Waals surface area contributed by atoms with Gasteiger partial charge in [0.2, 0.25) is 5.92 Å². The van der Waals surface area contributed by atoms with Crippen molar-refractivity contribution in [2.45, 2.75) is 38.0 Å². The van der Waals surface area contributed by atoms with Gasteiger partial charge in [0, 0.05) is 40.2 Å². The summed E-state index contributed by atoms with van der Waals surface area (Å²) in [5, 5.41) is 0. The van der Waals surface area contributed by atoms with E-state index < -0.39 is 49.1 Å². The predicted molar refractivity (Wildman–Crippen MR) is 84.7 cm³/mol. The predicted octanol–water partition coefficient (Wildman–Crippen LogP) is 5.15. The lowest BCUT2D eigenvalue weighted by Gasteiger charge is -2.34. The summed E-state index contributed by atoms with van der Waals surface area (Å²) in [7, 11) is 0. The van der Waals surface area contributed by atoms with Crippen LogP contribution in [0, 0.1) is 17.6 Å². The summed E-state index contributed by atoms with van der Waals surface area (Å²) < 4.78 is 78.3. The molecule has 2 unspecified atom stereocenters. The highest BCUT2D eigenvalue weighted by atomic mass is 19.3. The molecule has 2 N–H and O–H groups in total. The standard InChI is InChI=1S/C18H18F4N2/c1-10-9-18(21,22)6-4-12(10)17-16(23)13(5-7-24-17)14-8-11(19)2-3-15(14)20/h2-3,5,7-8,10,12H,4,6,9,23H2,1H3/i1D3. The summed E-state index contributed by atoms with van der Waals surface area (Å²) >= 11 is 0. The number of anilines is 1. The second-order valence-corrected chi connectivity index (χ2v) is 6.09. The van der Waals surface area contributed by atoms with Gasteiger partial charge < -0.3 is 5.73 Å². The van der Waals surface area contributed by atoms with Crippen molar-refractivity contribution in [3.05, 3.63) is 47.8 Å². The molecule has 3 rings (SSSR count). The van der Waals surface area contributed by atoms with Crippen molar-refractivity contribution in [2.75, 3.05) is 5.73 Å². The van der Waals surface area contributed by atoms with Gasteiger partial charge in [-0.2, -0.15) is 0 Å². The molecule has 6 heteroatoms. The minimum atomic E-state index is -3.07. The molecule has 1 aliphatic carbocycles. The fraction of sp³-hybridized carbons (Fsp3) is 0.389. The Morgan fingerprint density at radius 3 is 2.79 bits per heavy atom. The van der Waals surface area contributed by atoms with E-state index in [1.165, 1.54) is 12.3 Å². The quantitative estimate of drug-likeness (QED) is 0.768. The first-order valence-electron chi connectivity index (χ1n) is 9.07. The third-order valence-electron chi connectivity index (χ3n) is 4.42. The zero-order valence-corrected chi connectivity index (χ0v) is 12.7. The van der Waals surface area contributed by atoms with Crippen LogP contribution in [0.15, 0.2) is 30.5 Å². The van der Waals surface area contributed by atoms with Gasteiger partial charge in [-0.3, -0.25) is 4.98 Å². The number of benzene rings is 1. The van der Waals surface area contributed by atoms with Gasteiger partial charge in [0.25, 0.3) is 0 Å². The first-order chi connectivity index (χ1) is 12.5. The van der Waals surface area contributed by atoms with E-state index in [0.29, 0.717) is 0 Å². The molecule has 2 nitrogen and oxygen atoms in total. The molecule has 1 saturated carbocycles. The van der Waals surface area contributed by atoms with E-state index >= 15 is 0 Å². The zero-order valence-electron chi connectivity index (χ0n) is 15.7. The highest BCUT2D eigenvalue weighted by Gasteiger charge is 2.41. The van der Waals surface area contributed by atoms with Gasteiger partial charge in [-0.25, -0.2) is 17.6 Å². The molecule has 0 amide bonds. The van der Waals surface area contributed by atoms with Crippen molar-refractivity contribution in [2.24, 2.45) is 5.92 Å². The summed E-state index contributed by atoms with van der Waals surface area (Å²) in [6.45, 7) is -2.62. The summed E-state index contributed by atoms with van der Waals surface area (Å²) in [5.74, 6) is -6.60. The van der Waals surface area contributed by atoms with Crippen molar-refractivity contribution >= 4 is 5.69 Å². The lowest BCUT2D eigenvalue weighted by Crippen LogP contribution is -2.30. The van der Waals surface area contributed by atoms with Crippen molar-refractivity contribution in [3.63, 3.8) is 0 Å². The van der Waals surface area contributed by atoms with Gasteiger partial charge in [0.15, 0.2) is 0 Å². The molecule has 0 aliphatic heterocycles. The summed E-state index contributed by atoms with van der Waals surface area (Å²) in [6.07, 6.45) is -0.0885. The number of alkyl halides is 2. The van der Waals surface area contributed by atoms with Gasteiger partial charge in [-0.05, 0) is 36.6 Å². The number of hydrogen-bond acceptors (Lipinski definition) is 2. The van der Waals surface area contributed by atoms with E-state index in [0.717, 1.165) is 18.2 Å². The lowest BCUT2D eigenvalue weighted by molar-refractivity contribution is -0.0558. The van der Waals surface area contributed by atoms with E-state index in [1.807, 2.05) is 0 Å². The van der Waals surface area contributed by atoms with E-state index in [1.54, 1.807) is 0 Å². The van der Waals surface area contributed by atoms with Crippen molar-refractivity contribution in [1.29, 1.82) is 0 Å². The molecule has 0 saturated heterocycles. The van der Waals surface area contributed by atoms with Crippen LogP contribution in [0.2, 0.25) is 0 Å². The number of hydrogen-bond donors (Lipinski definition) is 1. The normalized spacial score (nSPS) is 25.6. The Balaban J connectivity index is 2.08. The monoisotopic (exact) mass is 341 g/mol. The van der Waals surface area contributed by atoms with E-state index in [9.17, 15) is 17.6 Å². The molecule has 1 aromatic carbocycles. The maximum Gasteiger partial charge on any atom is 0.248 e. The van der Waals surface area contributed by atoms with Crippen molar-refractivity contribution < 1.29 is 21.7 Å². The highest BCUT2D eigenvalue weighted by molar-refractivity contribution is 5.78. The second-order valence-electron chi connectivity index (χ2n) is 6.09. The fourth-order valence-corrected chi connectivity index (χ4v) is 3.18. The van der Waals surface area contributed by atoms with Crippen molar-refractivity contribution in [3.8, 4) is 11.1 Å². The zero-order chi connectivity index (χ0) is 20.0. The lowest BCUT2D eigenvalue weighted by atomic mass is 9.76. The molecule has 1 aliphatic rings. The number of rotatable bonds is 2. The summed E-state index contributed by atoms with van der Waals surface area (Å²) in [4.78, 5) is 4.12. The van der Waals surface area contributed by atoms with Crippen LogP contribution in [0.4, 0.5) is 23.2 Å². The van der Waals surface area contributed by atoms with Gasteiger partial charge in [0.05, 0.1) is 11.4 Å². The van der Waals surface area contributed by atoms with Crippen LogP contribution in [0.3, 0.4) is 0 Å². The number of nitrogens with zero attached hydrogens (tertiary/aromatic N) is 1. The number of pyridine rings is 1. The molecular formula is C18H18F4N2. The Kier molecular flexibility index (Phi) is 3.34. The molecule has 0 radical (unpaired) electrons. The average molecular weight is 341 g/mol. The number of nitrogen functional groups attached to an aromatic ring is 1. The molecule has 2 atom stereocenters. The van der Waals surface area contributed by atoms with E-state index in [4.69, 9.17) is 9.85 Å². The first kappa shape index (κ1) is 13.2. The van der Waals surface area contributed by atoms with Crippen LogP contribution >= 0.6 is 0 Å². The fourth-order valence-electron chi connectivity index (χ4n) is 3.18. The van der Waals surface area contributed by atoms with Gasteiger partial charge in [0.1, 0.15) is 11.6 Å². The Bertz CT molecular complexity index is 855. The van der Waals surface area contributed by atoms with Crippen LogP contribution in [0.1, 0.15) is 41.8 Å². The number of halogens is 4. The number of aromatic nitrogens is 1. The SMILES string of the molecule is [2H]C([2H])([2H])C1CC(F)(F)CCC1c1nccc(-c2cc(F)ccc2F)c1N. The number of nitrogens with two attached hydrogens (primary N) is 1. The van der Waals surface area contributed by atoms with Crippen LogP contribution in [-0.2, 0) is 0 Å². The third kappa shape index (κ3) is 3.09. The summed E-state index contributed by atoms with van der Waals surface area (Å²) in [5.41, 5.74) is 6.28. The maximum absolute atomic E-state index is 14.1. The molecule has 1 aromatic heterocycles. The molecule has 128 valence electrons. The molecule has 24 heavy (non-hydrogen) atoms.